The number of rotatable bonds is 3. The highest BCUT2D eigenvalue weighted by atomic mass is 16.1. The summed E-state index contributed by atoms with van der Waals surface area (Å²) in [5.41, 5.74) is 6.31. The van der Waals surface area contributed by atoms with Crippen molar-refractivity contribution in [3.05, 3.63) is 30.1 Å². The zero-order chi connectivity index (χ0) is 9.31. The van der Waals surface area contributed by atoms with Crippen LogP contribution in [0, 0.1) is 0 Å². The molecule has 0 saturated heterocycles. The van der Waals surface area contributed by atoms with E-state index in [9.17, 15) is 4.79 Å². The summed E-state index contributed by atoms with van der Waals surface area (Å²) in [6.45, 7) is 0. The predicted octanol–water partition coefficient (Wildman–Crippen LogP) is 1.15. The van der Waals surface area contributed by atoms with E-state index in [0.717, 1.165) is 12.8 Å². The molecule has 0 amide bonds. The topological polar surface area (TPSA) is 56.0 Å². The van der Waals surface area contributed by atoms with Crippen LogP contribution >= 0.6 is 0 Å². The smallest absolute Gasteiger partial charge is 0.166 e. The quantitative estimate of drug-likeness (QED) is 0.703. The molecule has 13 heavy (non-hydrogen) atoms. The second-order valence-electron chi connectivity index (χ2n) is 3.70. The van der Waals surface area contributed by atoms with E-state index in [2.05, 4.69) is 4.98 Å². The third-order valence-electron chi connectivity index (χ3n) is 2.39. The molecule has 1 aliphatic rings. The van der Waals surface area contributed by atoms with Gasteiger partial charge in [-0.15, -0.1) is 0 Å². The van der Waals surface area contributed by atoms with Gasteiger partial charge in [0.25, 0.3) is 0 Å². The predicted molar refractivity (Wildman–Crippen MR) is 49.3 cm³/mol. The Morgan fingerprint density at radius 3 is 2.92 bits per heavy atom. The standard InChI is InChI=1S/C10H12N2O/c11-10(3-4-10)6-9(13)8-2-1-5-12-7-8/h1-2,5,7H,3-4,6,11H2. The van der Waals surface area contributed by atoms with E-state index in [1.807, 2.05) is 0 Å². The van der Waals surface area contributed by atoms with Crippen molar-refractivity contribution < 1.29 is 4.79 Å². The lowest BCUT2D eigenvalue weighted by Gasteiger charge is -2.06. The van der Waals surface area contributed by atoms with Gasteiger partial charge in [0.05, 0.1) is 0 Å². The van der Waals surface area contributed by atoms with E-state index < -0.39 is 0 Å². The van der Waals surface area contributed by atoms with Crippen LogP contribution in [0.3, 0.4) is 0 Å². The van der Waals surface area contributed by atoms with Crippen LogP contribution in [0.1, 0.15) is 29.6 Å². The maximum atomic E-state index is 11.6. The van der Waals surface area contributed by atoms with E-state index in [1.165, 1.54) is 0 Å². The van der Waals surface area contributed by atoms with Gasteiger partial charge in [-0.1, -0.05) is 0 Å². The number of aromatic nitrogens is 1. The van der Waals surface area contributed by atoms with Crippen LogP contribution in [0.25, 0.3) is 0 Å². The van der Waals surface area contributed by atoms with Crippen molar-refractivity contribution in [2.45, 2.75) is 24.8 Å². The first-order chi connectivity index (χ1) is 6.20. The summed E-state index contributed by atoms with van der Waals surface area (Å²) in [6.07, 6.45) is 5.65. The summed E-state index contributed by atoms with van der Waals surface area (Å²) in [5.74, 6) is 0.105. The summed E-state index contributed by atoms with van der Waals surface area (Å²) >= 11 is 0. The average Bonchev–Trinajstić information content (AvgIpc) is 2.85. The number of carbonyl (C=O) groups excluding carboxylic acids is 1. The van der Waals surface area contributed by atoms with Crippen LogP contribution in [0.5, 0.6) is 0 Å². The van der Waals surface area contributed by atoms with Crippen LogP contribution in [-0.4, -0.2) is 16.3 Å². The third-order valence-corrected chi connectivity index (χ3v) is 2.39. The lowest BCUT2D eigenvalue weighted by Crippen LogP contribution is -2.25. The number of carbonyl (C=O) groups is 1. The van der Waals surface area contributed by atoms with E-state index in [-0.39, 0.29) is 11.3 Å². The summed E-state index contributed by atoms with van der Waals surface area (Å²) in [4.78, 5) is 15.5. The van der Waals surface area contributed by atoms with Gasteiger partial charge in [-0.25, -0.2) is 0 Å². The molecule has 1 aliphatic carbocycles. The monoisotopic (exact) mass is 176 g/mol. The number of hydrogen-bond donors (Lipinski definition) is 1. The number of nitrogens with zero attached hydrogens (tertiary/aromatic N) is 1. The van der Waals surface area contributed by atoms with Crippen LogP contribution < -0.4 is 5.73 Å². The molecule has 3 nitrogen and oxygen atoms in total. The molecule has 3 heteroatoms. The fourth-order valence-electron chi connectivity index (χ4n) is 1.29. The minimum Gasteiger partial charge on any atom is -0.325 e. The summed E-state index contributed by atoms with van der Waals surface area (Å²) in [6, 6.07) is 3.55. The molecule has 1 saturated carbocycles. The average molecular weight is 176 g/mol. The van der Waals surface area contributed by atoms with Crippen molar-refractivity contribution in [2.24, 2.45) is 5.73 Å². The van der Waals surface area contributed by atoms with Crippen LogP contribution in [0.15, 0.2) is 24.5 Å². The van der Waals surface area contributed by atoms with Crippen LogP contribution in [0.2, 0.25) is 0 Å². The van der Waals surface area contributed by atoms with Gasteiger partial charge in [0.15, 0.2) is 5.78 Å². The molecule has 0 unspecified atom stereocenters. The Morgan fingerprint density at radius 2 is 2.38 bits per heavy atom. The fourth-order valence-corrected chi connectivity index (χ4v) is 1.29. The lowest BCUT2D eigenvalue weighted by molar-refractivity contribution is 0.0971. The third kappa shape index (κ3) is 1.92. The molecule has 1 heterocycles. The zero-order valence-electron chi connectivity index (χ0n) is 7.36. The van der Waals surface area contributed by atoms with Gasteiger partial charge in [-0.3, -0.25) is 9.78 Å². The normalized spacial score (nSPS) is 18.2. The van der Waals surface area contributed by atoms with E-state index in [1.54, 1.807) is 24.5 Å². The Hall–Kier alpha value is -1.22. The molecule has 2 rings (SSSR count). The molecule has 68 valence electrons. The zero-order valence-corrected chi connectivity index (χ0v) is 7.36. The highest BCUT2D eigenvalue weighted by Crippen LogP contribution is 2.36. The Bertz CT molecular complexity index is 317. The lowest BCUT2D eigenvalue weighted by atomic mass is 10.0. The van der Waals surface area contributed by atoms with Gasteiger partial charge in [0.2, 0.25) is 0 Å². The molecule has 0 atom stereocenters. The minimum atomic E-state index is -0.201. The molecular formula is C10H12N2O. The van der Waals surface area contributed by atoms with Crippen molar-refractivity contribution in [1.82, 2.24) is 4.98 Å². The molecule has 1 aromatic rings. The van der Waals surface area contributed by atoms with Crippen molar-refractivity contribution in [3.63, 3.8) is 0 Å². The van der Waals surface area contributed by atoms with Gasteiger partial charge in [0.1, 0.15) is 0 Å². The molecule has 0 aliphatic heterocycles. The first-order valence-electron chi connectivity index (χ1n) is 4.42. The Balaban J connectivity index is 2.06. The van der Waals surface area contributed by atoms with Crippen molar-refractivity contribution in [3.8, 4) is 0 Å². The second-order valence-corrected chi connectivity index (χ2v) is 3.70. The minimum absolute atomic E-state index is 0.105. The highest BCUT2D eigenvalue weighted by Gasteiger charge is 2.40. The summed E-state index contributed by atoms with van der Waals surface area (Å²) < 4.78 is 0. The number of ketones is 1. The van der Waals surface area contributed by atoms with Crippen molar-refractivity contribution in [1.29, 1.82) is 0 Å². The van der Waals surface area contributed by atoms with Gasteiger partial charge >= 0.3 is 0 Å². The number of pyridine rings is 1. The van der Waals surface area contributed by atoms with Crippen molar-refractivity contribution >= 4 is 5.78 Å². The first-order valence-corrected chi connectivity index (χ1v) is 4.42. The van der Waals surface area contributed by atoms with Gasteiger partial charge in [-0.2, -0.15) is 0 Å². The second kappa shape index (κ2) is 2.92. The molecule has 1 fully saturated rings. The van der Waals surface area contributed by atoms with E-state index in [4.69, 9.17) is 5.73 Å². The van der Waals surface area contributed by atoms with Gasteiger partial charge < -0.3 is 5.73 Å². The Kier molecular flexibility index (Phi) is 1.88. The maximum Gasteiger partial charge on any atom is 0.166 e. The molecule has 0 spiro atoms. The fraction of sp³-hybridized carbons (Fsp3) is 0.400. The Labute approximate surface area is 77.0 Å². The number of hydrogen-bond acceptors (Lipinski definition) is 3. The molecule has 0 aromatic carbocycles. The molecule has 2 N–H and O–H groups in total. The van der Waals surface area contributed by atoms with Crippen molar-refractivity contribution in [2.75, 3.05) is 0 Å². The van der Waals surface area contributed by atoms with Crippen LogP contribution in [0.4, 0.5) is 0 Å². The van der Waals surface area contributed by atoms with E-state index >= 15 is 0 Å². The van der Waals surface area contributed by atoms with E-state index in [0.29, 0.717) is 12.0 Å². The largest absolute Gasteiger partial charge is 0.325 e. The Morgan fingerprint density at radius 1 is 1.62 bits per heavy atom. The summed E-state index contributed by atoms with van der Waals surface area (Å²) in [7, 11) is 0. The van der Waals surface area contributed by atoms with Gasteiger partial charge in [0, 0.05) is 29.9 Å². The maximum absolute atomic E-state index is 11.6. The SMILES string of the molecule is NC1(CC(=O)c2cccnc2)CC1. The van der Waals surface area contributed by atoms with Crippen LogP contribution in [-0.2, 0) is 0 Å². The number of Topliss-reactive ketones (excluding diaryl/α,β-unsaturated/α-hetero) is 1. The van der Waals surface area contributed by atoms with Gasteiger partial charge in [-0.05, 0) is 25.0 Å². The number of nitrogens with two attached hydrogens (primary N) is 1. The highest BCUT2D eigenvalue weighted by molar-refractivity contribution is 5.96. The first kappa shape index (κ1) is 8.38. The molecule has 0 radical (unpaired) electrons. The molecule has 0 bridgehead atoms. The molecule has 1 aromatic heterocycles. The molecular weight excluding hydrogens is 164 g/mol. The summed E-state index contributed by atoms with van der Waals surface area (Å²) in [5, 5.41) is 0.